The largest absolute Gasteiger partial charge is 0.494 e. The predicted octanol–water partition coefficient (Wildman–Crippen LogP) is 4.67. The number of aryl methyl sites for hydroxylation is 1. The number of halogens is 1. The van der Waals surface area contributed by atoms with Gasteiger partial charge in [-0.25, -0.2) is 0 Å². The van der Waals surface area contributed by atoms with E-state index >= 15 is 0 Å². The number of rotatable bonds is 8. The molecule has 0 unspecified atom stereocenters. The second-order valence-corrected chi connectivity index (χ2v) is 7.37. The molecule has 1 aliphatic heterocycles. The van der Waals surface area contributed by atoms with Gasteiger partial charge in [0.15, 0.2) is 0 Å². The minimum atomic E-state index is -0.00710. The van der Waals surface area contributed by atoms with E-state index < -0.39 is 0 Å². The minimum Gasteiger partial charge on any atom is -0.494 e. The highest BCUT2D eigenvalue weighted by molar-refractivity contribution is 6.31. The summed E-state index contributed by atoms with van der Waals surface area (Å²) in [4.78, 5) is 14.6. The van der Waals surface area contributed by atoms with E-state index in [1.165, 1.54) is 5.56 Å². The van der Waals surface area contributed by atoms with Crippen LogP contribution in [0.4, 0.5) is 11.4 Å². The van der Waals surface area contributed by atoms with Crippen LogP contribution in [0.15, 0.2) is 42.5 Å². The van der Waals surface area contributed by atoms with Crippen LogP contribution >= 0.6 is 11.6 Å². The van der Waals surface area contributed by atoms with Gasteiger partial charge in [0, 0.05) is 24.5 Å². The van der Waals surface area contributed by atoms with Crippen LogP contribution in [0.3, 0.4) is 0 Å². The zero-order chi connectivity index (χ0) is 19.8. The van der Waals surface area contributed by atoms with Crippen LogP contribution in [0.1, 0.15) is 24.8 Å². The lowest BCUT2D eigenvalue weighted by Gasteiger charge is -2.30. The van der Waals surface area contributed by atoms with Crippen molar-refractivity contribution in [3.8, 4) is 5.75 Å². The van der Waals surface area contributed by atoms with Crippen molar-refractivity contribution in [1.82, 2.24) is 0 Å². The number of hydrogen-bond acceptors (Lipinski definition) is 4. The Balaban J connectivity index is 1.46. The van der Waals surface area contributed by atoms with Crippen molar-refractivity contribution in [2.24, 2.45) is 0 Å². The predicted molar refractivity (Wildman–Crippen MR) is 114 cm³/mol. The summed E-state index contributed by atoms with van der Waals surface area (Å²) in [6.07, 6.45) is 2.05. The molecule has 28 heavy (non-hydrogen) atoms. The molecule has 1 saturated heterocycles. The van der Waals surface area contributed by atoms with Crippen LogP contribution in [0.2, 0.25) is 5.02 Å². The van der Waals surface area contributed by atoms with Crippen LogP contribution in [0, 0.1) is 6.92 Å². The minimum absolute atomic E-state index is 0.00710. The molecule has 5 nitrogen and oxygen atoms in total. The number of nitrogens with one attached hydrogen (secondary N) is 1. The van der Waals surface area contributed by atoms with E-state index in [-0.39, 0.29) is 5.91 Å². The van der Waals surface area contributed by atoms with Gasteiger partial charge in [-0.3, -0.25) is 4.79 Å². The highest BCUT2D eigenvalue weighted by Crippen LogP contribution is 2.30. The fourth-order valence-electron chi connectivity index (χ4n) is 3.18. The molecule has 0 saturated carbocycles. The number of hydrogen-bond donors (Lipinski definition) is 1. The molecule has 6 heteroatoms. The van der Waals surface area contributed by atoms with Gasteiger partial charge < -0.3 is 19.7 Å². The number of nitrogens with zero attached hydrogens (tertiary/aromatic N) is 1. The van der Waals surface area contributed by atoms with Gasteiger partial charge in [-0.1, -0.05) is 23.7 Å². The molecule has 3 rings (SSSR count). The van der Waals surface area contributed by atoms with Gasteiger partial charge >= 0.3 is 0 Å². The smallest absolute Gasteiger partial charge is 0.224 e. The third kappa shape index (κ3) is 6.14. The fourth-order valence-corrected chi connectivity index (χ4v) is 3.36. The number of anilines is 2. The van der Waals surface area contributed by atoms with Crippen LogP contribution in [-0.2, 0) is 9.53 Å². The maximum absolute atomic E-state index is 12.4. The van der Waals surface area contributed by atoms with Gasteiger partial charge in [0.25, 0.3) is 0 Å². The maximum Gasteiger partial charge on any atom is 0.224 e. The first kappa shape index (κ1) is 20.5. The lowest BCUT2D eigenvalue weighted by atomic mass is 10.2. The fraction of sp³-hybridized carbons (Fsp3) is 0.409. The Kier molecular flexibility index (Phi) is 7.57. The summed E-state index contributed by atoms with van der Waals surface area (Å²) >= 11 is 6.14. The molecular formula is C22H27ClN2O3. The van der Waals surface area contributed by atoms with Crippen LogP contribution in [0.25, 0.3) is 0 Å². The summed E-state index contributed by atoms with van der Waals surface area (Å²) in [6.45, 7) is 5.64. The standard InChI is InChI=1S/C22H27ClN2O3/c1-17-5-4-6-19(15-17)28-12-3-2-7-22(26)24-20-16-18(23)8-9-21(20)25-10-13-27-14-11-25/h4-6,8-9,15-16H,2-3,7,10-14H2,1H3,(H,24,26). The van der Waals surface area contributed by atoms with E-state index in [9.17, 15) is 4.79 Å². The topological polar surface area (TPSA) is 50.8 Å². The Morgan fingerprint density at radius 3 is 2.79 bits per heavy atom. The number of carbonyl (C=O) groups excluding carboxylic acids is 1. The van der Waals surface area contributed by atoms with Gasteiger partial charge in [0.1, 0.15) is 5.75 Å². The third-order valence-electron chi connectivity index (χ3n) is 4.64. The SMILES string of the molecule is Cc1cccc(OCCCCC(=O)Nc2cc(Cl)ccc2N2CCOCC2)c1. The Morgan fingerprint density at radius 1 is 1.18 bits per heavy atom. The van der Waals surface area contributed by atoms with E-state index in [0.29, 0.717) is 31.3 Å². The number of carbonyl (C=O) groups is 1. The van der Waals surface area contributed by atoms with Crippen LogP contribution in [-0.4, -0.2) is 38.8 Å². The summed E-state index contributed by atoms with van der Waals surface area (Å²) in [7, 11) is 0. The maximum atomic E-state index is 12.4. The van der Waals surface area contributed by atoms with Crippen LogP contribution in [0.5, 0.6) is 5.75 Å². The average Bonchev–Trinajstić information content (AvgIpc) is 2.68. The van der Waals surface area contributed by atoms with Gasteiger partial charge in [-0.2, -0.15) is 0 Å². The summed E-state index contributed by atoms with van der Waals surface area (Å²) in [6, 6.07) is 13.6. The van der Waals surface area contributed by atoms with Crippen molar-refractivity contribution in [1.29, 1.82) is 0 Å². The molecule has 1 heterocycles. The van der Waals surface area contributed by atoms with E-state index in [2.05, 4.69) is 10.2 Å². The molecule has 2 aromatic carbocycles. The number of benzene rings is 2. The van der Waals surface area contributed by atoms with Crippen molar-refractivity contribution in [2.75, 3.05) is 43.1 Å². The third-order valence-corrected chi connectivity index (χ3v) is 4.88. The lowest BCUT2D eigenvalue weighted by molar-refractivity contribution is -0.116. The number of unbranched alkanes of at least 4 members (excludes halogenated alkanes) is 1. The molecule has 150 valence electrons. The molecule has 0 aliphatic carbocycles. The second-order valence-electron chi connectivity index (χ2n) is 6.93. The van der Waals surface area contributed by atoms with Gasteiger partial charge in [0.2, 0.25) is 5.91 Å². The van der Waals surface area contributed by atoms with Crippen molar-refractivity contribution >= 4 is 28.9 Å². The van der Waals surface area contributed by atoms with E-state index in [4.69, 9.17) is 21.1 Å². The Bertz CT molecular complexity index is 791. The van der Waals surface area contributed by atoms with Crippen molar-refractivity contribution in [3.05, 3.63) is 53.1 Å². The molecule has 0 radical (unpaired) electrons. The zero-order valence-corrected chi connectivity index (χ0v) is 17.0. The quantitative estimate of drug-likeness (QED) is 0.652. The van der Waals surface area contributed by atoms with Gasteiger partial charge in [-0.05, 0) is 55.7 Å². The number of ether oxygens (including phenoxy) is 2. The van der Waals surface area contributed by atoms with Crippen LogP contribution < -0.4 is 15.0 Å². The van der Waals surface area contributed by atoms with E-state index in [0.717, 1.165) is 43.1 Å². The Morgan fingerprint density at radius 2 is 2.00 bits per heavy atom. The number of morpholine rings is 1. The molecule has 1 N–H and O–H groups in total. The lowest BCUT2D eigenvalue weighted by Crippen LogP contribution is -2.36. The molecule has 0 aromatic heterocycles. The average molecular weight is 403 g/mol. The van der Waals surface area contributed by atoms with E-state index in [1.54, 1.807) is 0 Å². The number of amides is 1. The highest BCUT2D eigenvalue weighted by atomic mass is 35.5. The summed E-state index contributed by atoms with van der Waals surface area (Å²) in [5.41, 5.74) is 2.92. The summed E-state index contributed by atoms with van der Waals surface area (Å²) in [5, 5.41) is 3.63. The molecule has 0 bridgehead atoms. The highest BCUT2D eigenvalue weighted by Gasteiger charge is 2.16. The molecular weight excluding hydrogens is 376 g/mol. The molecule has 0 atom stereocenters. The Labute approximate surface area is 171 Å². The van der Waals surface area contributed by atoms with Crippen molar-refractivity contribution in [3.63, 3.8) is 0 Å². The van der Waals surface area contributed by atoms with Gasteiger partial charge in [-0.15, -0.1) is 0 Å². The molecule has 1 amide bonds. The summed E-state index contributed by atoms with van der Waals surface area (Å²) < 4.78 is 11.1. The monoisotopic (exact) mass is 402 g/mol. The first-order valence-electron chi connectivity index (χ1n) is 9.73. The summed E-state index contributed by atoms with van der Waals surface area (Å²) in [5.74, 6) is 0.867. The molecule has 1 aliphatic rings. The molecule has 2 aromatic rings. The van der Waals surface area contributed by atoms with Crippen molar-refractivity contribution < 1.29 is 14.3 Å². The molecule has 1 fully saturated rings. The van der Waals surface area contributed by atoms with Crippen molar-refractivity contribution in [2.45, 2.75) is 26.2 Å². The second kappa shape index (κ2) is 10.3. The molecule has 0 spiro atoms. The van der Waals surface area contributed by atoms with Gasteiger partial charge in [0.05, 0.1) is 31.2 Å². The first-order chi connectivity index (χ1) is 13.6. The Hall–Kier alpha value is -2.24. The first-order valence-corrected chi connectivity index (χ1v) is 10.1. The van der Waals surface area contributed by atoms with E-state index in [1.807, 2.05) is 49.4 Å². The zero-order valence-electron chi connectivity index (χ0n) is 16.2. The normalized spacial score (nSPS) is 14.0.